The molecular formula is C19H28ClN3O2. The Hall–Kier alpha value is -1.59. The minimum absolute atomic E-state index is 0.00417. The largest absolute Gasteiger partial charge is 0.339 e. The third-order valence-electron chi connectivity index (χ3n) is 4.40. The maximum absolute atomic E-state index is 12.6. The Bertz CT molecular complexity index is 589. The average molecular weight is 366 g/mol. The molecule has 6 heteroatoms. The van der Waals surface area contributed by atoms with Crippen molar-refractivity contribution < 1.29 is 9.59 Å². The summed E-state index contributed by atoms with van der Waals surface area (Å²) in [5.74, 6) is 0.731. The highest BCUT2D eigenvalue weighted by atomic mass is 35.5. The van der Waals surface area contributed by atoms with Crippen LogP contribution in [0.3, 0.4) is 0 Å². The third kappa shape index (κ3) is 5.72. The van der Waals surface area contributed by atoms with E-state index in [0.29, 0.717) is 49.1 Å². The Morgan fingerprint density at radius 3 is 2.52 bits per heavy atom. The van der Waals surface area contributed by atoms with Crippen molar-refractivity contribution in [2.45, 2.75) is 33.2 Å². The molecule has 1 atom stereocenters. The van der Waals surface area contributed by atoms with Crippen LogP contribution in [0, 0.1) is 5.92 Å². The normalized spacial score (nSPS) is 17.9. The lowest BCUT2D eigenvalue weighted by molar-refractivity contribution is -0.133. The number of carbonyl (C=O) groups excluding carboxylic acids is 2. The van der Waals surface area contributed by atoms with Crippen molar-refractivity contribution in [3.63, 3.8) is 0 Å². The first-order valence-electron chi connectivity index (χ1n) is 8.93. The van der Waals surface area contributed by atoms with Gasteiger partial charge in [0.25, 0.3) is 5.91 Å². The molecule has 2 rings (SSSR count). The molecule has 1 aromatic carbocycles. The summed E-state index contributed by atoms with van der Waals surface area (Å²) in [6.07, 6.45) is 0.505. The molecular weight excluding hydrogens is 338 g/mol. The van der Waals surface area contributed by atoms with Gasteiger partial charge in [-0.3, -0.25) is 9.59 Å². The molecule has 0 aromatic heterocycles. The molecule has 1 aromatic rings. The van der Waals surface area contributed by atoms with Crippen LogP contribution < -0.4 is 5.32 Å². The summed E-state index contributed by atoms with van der Waals surface area (Å²) in [7, 11) is 0. The first-order chi connectivity index (χ1) is 11.9. The quantitative estimate of drug-likeness (QED) is 0.788. The molecule has 0 aliphatic carbocycles. The zero-order valence-electron chi connectivity index (χ0n) is 15.3. The summed E-state index contributed by atoms with van der Waals surface area (Å²) in [4.78, 5) is 28.7. The molecule has 0 saturated carbocycles. The first kappa shape index (κ1) is 19.7. The zero-order valence-corrected chi connectivity index (χ0v) is 16.1. The fraction of sp³-hybridized carbons (Fsp3) is 0.579. The Kier molecular flexibility index (Phi) is 7.26. The van der Waals surface area contributed by atoms with Gasteiger partial charge in [0.2, 0.25) is 5.91 Å². The van der Waals surface area contributed by atoms with Crippen LogP contribution in [0.15, 0.2) is 24.3 Å². The second-order valence-electron chi connectivity index (χ2n) is 7.04. The Morgan fingerprint density at radius 1 is 1.24 bits per heavy atom. The molecule has 1 aliphatic rings. The number of benzene rings is 1. The van der Waals surface area contributed by atoms with E-state index in [2.05, 4.69) is 19.2 Å². The average Bonchev–Trinajstić information content (AvgIpc) is 2.58. The number of amides is 2. The predicted octanol–water partition coefficient (Wildman–Crippen LogP) is 2.65. The number of hydrogen-bond donors (Lipinski definition) is 1. The van der Waals surface area contributed by atoms with Crippen molar-refractivity contribution in [2.24, 2.45) is 5.92 Å². The van der Waals surface area contributed by atoms with Crippen LogP contribution in [-0.2, 0) is 4.79 Å². The Labute approximate surface area is 155 Å². The lowest BCUT2D eigenvalue weighted by Crippen LogP contribution is -2.55. The van der Waals surface area contributed by atoms with Crippen molar-refractivity contribution in [2.75, 3.05) is 32.7 Å². The van der Waals surface area contributed by atoms with E-state index in [-0.39, 0.29) is 17.9 Å². The highest BCUT2D eigenvalue weighted by molar-refractivity contribution is 6.30. The summed E-state index contributed by atoms with van der Waals surface area (Å²) in [5, 5.41) is 3.91. The van der Waals surface area contributed by atoms with Crippen molar-refractivity contribution in [3.8, 4) is 0 Å². The first-order valence-corrected chi connectivity index (χ1v) is 9.31. The van der Waals surface area contributed by atoms with E-state index < -0.39 is 0 Å². The minimum atomic E-state index is -0.00475. The van der Waals surface area contributed by atoms with Crippen molar-refractivity contribution >= 4 is 23.4 Å². The van der Waals surface area contributed by atoms with Crippen LogP contribution in [0.25, 0.3) is 0 Å². The highest BCUT2D eigenvalue weighted by Gasteiger charge is 2.29. The Morgan fingerprint density at radius 2 is 1.92 bits per heavy atom. The van der Waals surface area contributed by atoms with Crippen molar-refractivity contribution in [1.82, 2.24) is 15.1 Å². The van der Waals surface area contributed by atoms with Gasteiger partial charge in [0, 0.05) is 49.2 Å². The second-order valence-corrected chi connectivity index (χ2v) is 7.48. The number of rotatable bonds is 6. The number of nitrogens with one attached hydrogen (secondary N) is 1. The van der Waals surface area contributed by atoms with Gasteiger partial charge in [-0.2, -0.15) is 0 Å². The molecule has 0 unspecified atom stereocenters. The standard InChI is InChI=1S/C19H28ClN3O2/c1-14(2)12-21-9-8-18(24)22-10-11-23(15(3)13-22)19(25)16-4-6-17(20)7-5-16/h4-7,14-15,21H,8-13H2,1-3H3/t15-/m0/s1. The van der Waals surface area contributed by atoms with Crippen LogP contribution >= 0.6 is 11.6 Å². The van der Waals surface area contributed by atoms with Gasteiger partial charge in [-0.25, -0.2) is 0 Å². The van der Waals surface area contributed by atoms with E-state index in [4.69, 9.17) is 11.6 Å². The number of nitrogens with zero attached hydrogens (tertiary/aromatic N) is 2. The summed E-state index contributed by atoms with van der Waals surface area (Å²) in [6.45, 7) is 9.65. The van der Waals surface area contributed by atoms with Gasteiger partial charge in [-0.05, 0) is 43.7 Å². The van der Waals surface area contributed by atoms with E-state index in [1.807, 2.05) is 16.7 Å². The monoisotopic (exact) mass is 365 g/mol. The van der Waals surface area contributed by atoms with Crippen LogP contribution in [0.5, 0.6) is 0 Å². The molecule has 0 spiro atoms. The molecule has 138 valence electrons. The molecule has 0 radical (unpaired) electrons. The van der Waals surface area contributed by atoms with Crippen LogP contribution in [0.2, 0.25) is 5.02 Å². The van der Waals surface area contributed by atoms with Crippen LogP contribution in [0.1, 0.15) is 37.6 Å². The van der Waals surface area contributed by atoms with E-state index in [1.54, 1.807) is 24.3 Å². The summed E-state index contributed by atoms with van der Waals surface area (Å²) in [6, 6.07) is 6.95. The topological polar surface area (TPSA) is 52.7 Å². The van der Waals surface area contributed by atoms with E-state index in [1.165, 1.54) is 0 Å². The minimum Gasteiger partial charge on any atom is -0.339 e. The number of piperazine rings is 1. The SMILES string of the molecule is CC(C)CNCCC(=O)N1CCN(C(=O)c2ccc(Cl)cc2)[C@@H](C)C1. The molecule has 1 N–H and O–H groups in total. The molecule has 1 saturated heterocycles. The molecule has 5 nitrogen and oxygen atoms in total. The second kappa shape index (κ2) is 9.20. The molecule has 1 aliphatic heterocycles. The summed E-state index contributed by atoms with van der Waals surface area (Å²) >= 11 is 5.88. The fourth-order valence-corrected chi connectivity index (χ4v) is 3.11. The third-order valence-corrected chi connectivity index (χ3v) is 4.65. The van der Waals surface area contributed by atoms with Gasteiger partial charge >= 0.3 is 0 Å². The molecule has 2 amide bonds. The van der Waals surface area contributed by atoms with Crippen LogP contribution in [-0.4, -0.2) is 60.4 Å². The summed E-state index contributed by atoms with van der Waals surface area (Å²) in [5.41, 5.74) is 0.633. The lowest BCUT2D eigenvalue weighted by atomic mass is 10.1. The molecule has 25 heavy (non-hydrogen) atoms. The van der Waals surface area contributed by atoms with Crippen molar-refractivity contribution in [3.05, 3.63) is 34.9 Å². The molecule has 1 fully saturated rings. The number of carbonyl (C=O) groups is 2. The van der Waals surface area contributed by atoms with E-state index in [9.17, 15) is 9.59 Å². The highest BCUT2D eigenvalue weighted by Crippen LogP contribution is 2.16. The van der Waals surface area contributed by atoms with Crippen LogP contribution in [0.4, 0.5) is 0 Å². The van der Waals surface area contributed by atoms with Crippen molar-refractivity contribution in [1.29, 1.82) is 0 Å². The predicted molar refractivity (Wildman–Crippen MR) is 101 cm³/mol. The maximum Gasteiger partial charge on any atom is 0.254 e. The Balaban J connectivity index is 1.84. The lowest BCUT2D eigenvalue weighted by Gasteiger charge is -2.40. The van der Waals surface area contributed by atoms with Gasteiger partial charge in [-0.1, -0.05) is 25.4 Å². The molecule has 0 bridgehead atoms. The van der Waals surface area contributed by atoms with E-state index >= 15 is 0 Å². The smallest absolute Gasteiger partial charge is 0.254 e. The van der Waals surface area contributed by atoms with Gasteiger partial charge in [0.15, 0.2) is 0 Å². The summed E-state index contributed by atoms with van der Waals surface area (Å²) < 4.78 is 0. The van der Waals surface area contributed by atoms with E-state index in [0.717, 1.165) is 6.54 Å². The maximum atomic E-state index is 12.6. The fourth-order valence-electron chi connectivity index (χ4n) is 2.99. The van der Waals surface area contributed by atoms with Gasteiger partial charge < -0.3 is 15.1 Å². The van der Waals surface area contributed by atoms with Gasteiger partial charge in [0.05, 0.1) is 0 Å². The van der Waals surface area contributed by atoms with Gasteiger partial charge in [-0.15, -0.1) is 0 Å². The zero-order chi connectivity index (χ0) is 18.4. The number of halogens is 1. The number of hydrogen-bond acceptors (Lipinski definition) is 3. The molecule has 1 heterocycles. The van der Waals surface area contributed by atoms with Gasteiger partial charge in [0.1, 0.15) is 0 Å².